The fourth-order valence-corrected chi connectivity index (χ4v) is 1.92. The normalized spacial score (nSPS) is 16.3. The molecule has 100 valence electrons. The zero-order valence-electron chi connectivity index (χ0n) is 10.9. The average Bonchev–Trinajstić information content (AvgIpc) is 2.70. The van der Waals surface area contributed by atoms with Crippen LogP contribution < -0.4 is 5.32 Å². The number of imide groups is 1. The van der Waals surface area contributed by atoms with Gasteiger partial charge >= 0.3 is 0 Å². The Balaban J connectivity index is 2.11. The molecule has 1 aromatic carbocycles. The first kappa shape index (κ1) is 13.3. The standard InChI is InChI=1S/C14H16N2O3/c1-9(17)11-4-3-5-12(6-11)15-13-7-14(19)16(8-13)10(2)18/h3-7,9,15,17H,8H2,1-2H3/t9-/m1/s1. The second-order valence-corrected chi connectivity index (χ2v) is 4.54. The largest absolute Gasteiger partial charge is 0.389 e. The number of carbonyl (C=O) groups is 2. The summed E-state index contributed by atoms with van der Waals surface area (Å²) in [6, 6.07) is 7.30. The van der Waals surface area contributed by atoms with Crippen molar-refractivity contribution >= 4 is 17.5 Å². The van der Waals surface area contributed by atoms with Crippen molar-refractivity contribution in [1.82, 2.24) is 4.90 Å². The summed E-state index contributed by atoms with van der Waals surface area (Å²) in [4.78, 5) is 23.9. The molecule has 0 saturated carbocycles. The molecule has 1 atom stereocenters. The van der Waals surface area contributed by atoms with Crippen LogP contribution in [-0.2, 0) is 9.59 Å². The summed E-state index contributed by atoms with van der Waals surface area (Å²) in [5.74, 6) is -0.572. The van der Waals surface area contributed by atoms with E-state index in [1.807, 2.05) is 24.3 Å². The lowest BCUT2D eigenvalue weighted by atomic mass is 10.1. The van der Waals surface area contributed by atoms with Gasteiger partial charge in [0.25, 0.3) is 5.91 Å². The molecule has 2 N–H and O–H groups in total. The van der Waals surface area contributed by atoms with Crippen molar-refractivity contribution in [1.29, 1.82) is 0 Å². The monoisotopic (exact) mass is 260 g/mol. The number of aliphatic hydroxyl groups excluding tert-OH is 1. The molecule has 0 unspecified atom stereocenters. The minimum absolute atomic E-state index is 0.257. The molecule has 5 heteroatoms. The van der Waals surface area contributed by atoms with Crippen LogP contribution in [0.4, 0.5) is 5.69 Å². The van der Waals surface area contributed by atoms with Crippen molar-refractivity contribution in [2.45, 2.75) is 20.0 Å². The molecule has 1 aromatic rings. The number of rotatable bonds is 3. The van der Waals surface area contributed by atoms with Crippen molar-refractivity contribution in [3.05, 3.63) is 41.6 Å². The Bertz CT molecular complexity index is 549. The SMILES string of the molecule is CC(=O)N1CC(Nc2cccc([C@@H](C)O)c2)=CC1=O. The lowest BCUT2D eigenvalue weighted by molar-refractivity contribution is -0.138. The van der Waals surface area contributed by atoms with Crippen LogP contribution in [0.1, 0.15) is 25.5 Å². The minimum Gasteiger partial charge on any atom is -0.389 e. The summed E-state index contributed by atoms with van der Waals surface area (Å²) < 4.78 is 0. The number of hydrogen-bond acceptors (Lipinski definition) is 4. The van der Waals surface area contributed by atoms with Crippen LogP contribution in [0.5, 0.6) is 0 Å². The number of benzene rings is 1. The van der Waals surface area contributed by atoms with Crippen molar-refractivity contribution in [2.24, 2.45) is 0 Å². The third-order valence-corrected chi connectivity index (χ3v) is 2.95. The number of hydrogen-bond donors (Lipinski definition) is 2. The van der Waals surface area contributed by atoms with Crippen LogP contribution in [-0.4, -0.2) is 28.4 Å². The number of aliphatic hydroxyl groups is 1. The number of nitrogens with one attached hydrogen (secondary N) is 1. The Morgan fingerprint density at radius 3 is 2.79 bits per heavy atom. The minimum atomic E-state index is -0.547. The Labute approximate surface area is 111 Å². The van der Waals surface area contributed by atoms with Gasteiger partial charge in [-0.3, -0.25) is 14.5 Å². The van der Waals surface area contributed by atoms with E-state index < -0.39 is 6.10 Å². The molecule has 0 aliphatic carbocycles. The Hall–Kier alpha value is -2.14. The van der Waals surface area contributed by atoms with Gasteiger partial charge in [-0.2, -0.15) is 0 Å². The smallest absolute Gasteiger partial charge is 0.255 e. The fourth-order valence-electron chi connectivity index (χ4n) is 1.92. The lowest BCUT2D eigenvalue weighted by Crippen LogP contribution is -2.31. The third-order valence-electron chi connectivity index (χ3n) is 2.95. The highest BCUT2D eigenvalue weighted by Crippen LogP contribution is 2.20. The van der Waals surface area contributed by atoms with E-state index in [1.165, 1.54) is 17.9 Å². The fraction of sp³-hybridized carbons (Fsp3) is 0.286. The highest BCUT2D eigenvalue weighted by Gasteiger charge is 2.24. The molecule has 19 heavy (non-hydrogen) atoms. The molecular formula is C14H16N2O3. The van der Waals surface area contributed by atoms with Crippen molar-refractivity contribution in [3.63, 3.8) is 0 Å². The van der Waals surface area contributed by atoms with Crippen LogP contribution in [0.25, 0.3) is 0 Å². The second-order valence-electron chi connectivity index (χ2n) is 4.54. The number of nitrogens with zero attached hydrogens (tertiary/aromatic N) is 1. The van der Waals surface area contributed by atoms with Gasteiger partial charge in [-0.25, -0.2) is 0 Å². The van der Waals surface area contributed by atoms with Gasteiger partial charge in [0.2, 0.25) is 5.91 Å². The van der Waals surface area contributed by atoms with E-state index >= 15 is 0 Å². The summed E-state index contributed by atoms with van der Waals surface area (Å²) >= 11 is 0. The maximum atomic E-state index is 11.5. The van der Waals surface area contributed by atoms with Gasteiger partial charge in [0.1, 0.15) is 0 Å². The van der Waals surface area contributed by atoms with E-state index in [1.54, 1.807) is 6.92 Å². The summed E-state index contributed by atoms with van der Waals surface area (Å²) in [6.45, 7) is 3.31. The molecule has 0 fully saturated rings. The van der Waals surface area contributed by atoms with Crippen LogP contribution in [0, 0.1) is 0 Å². The van der Waals surface area contributed by atoms with Gasteiger partial charge in [-0.1, -0.05) is 12.1 Å². The van der Waals surface area contributed by atoms with E-state index in [0.29, 0.717) is 5.70 Å². The van der Waals surface area contributed by atoms with Crippen LogP contribution >= 0.6 is 0 Å². The maximum absolute atomic E-state index is 11.5. The quantitative estimate of drug-likeness (QED) is 0.862. The molecule has 2 amide bonds. The van der Waals surface area contributed by atoms with E-state index in [2.05, 4.69) is 5.32 Å². The Morgan fingerprint density at radius 1 is 1.47 bits per heavy atom. The molecule has 0 saturated heterocycles. The Morgan fingerprint density at radius 2 is 2.21 bits per heavy atom. The predicted octanol–water partition coefficient (Wildman–Crippen LogP) is 1.42. The molecule has 2 rings (SSSR count). The van der Waals surface area contributed by atoms with Gasteiger partial charge in [-0.05, 0) is 24.6 Å². The molecule has 1 aliphatic heterocycles. The summed E-state index contributed by atoms with van der Waals surface area (Å²) in [7, 11) is 0. The van der Waals surface area contributed by atoms with Gasteiger partial charge in [0, 0.05) is 24.4 Å². The van der Waals surface area contributed by atoms with Crippen molar-refractivity contribution in [3.8, 4) is 0 Å². The third kappa shape index (κ3) is 3.00. The number of carbonyl (C=O) groups excluding carboxylic acids is 2. The van der Waals surface area contributed by atoms with Gasteiger partial charge < -0.3 is 10.4 Å². The highest BCUT2D eigenvalue weighted by molar-refractivity contribution is 6.03. The lowest BCUT2D eigenvalue weighted by Gasteiger charge is -2.13. The van der Waals surface area contributed by atoms with Gasteiger partial charge in [0.15, 0.2) is 0 Å². The molecule has 1 aliphatic rings. The molecule has 0 bridgehead atoms. The number of anilines is 1. The first-order valence-electron chi connectivity index (χ1n) is 6.05. The Kier molecular flexibility index (Phi) is 3.66. The first-order valence-corrected chi connectivity index (χ1v) is 6.05. The maximum Gasteiger partial charge on any atom is 0.255 e. The van der Waals surface area contributed by atoms with Crippen molar-refractivity contribution in [2.75, 3.05) is 11.9 Å². The van der Waals surface area contributed by atoms with E-state index in [9.17, 15) is 14.7 Å². The predicted molar refractivity (Wildman–Crippen MR) is 71.2 cm³/mol. The zero-order valence-corrected chi connectivity index (χ0v) is 10.9. The zero-order chi connectivity index (χ0) is 14.0. The molecule has 1 heterocycles. The van der Waals surface area contributed by atoms with E-state index in [-0.39, 0.29) is 18.4 Å². The summed E-state index contributed by atoms with van der Waals surface area (Å²) in [5, 5.41) is 12.6. The van der Waals surface area contributed by atoms with E-state index in [0.717, 1.165) is 11.3 Å². The van der Waals surface area contributed by atoms with Gasteiger partial charge in [0.05, 0.1) is 12.6 Å². The highest BCUT2D eigenvalue weighted by atomic mass is 16.3. The van der Waals surface area contributed by atoms with Gasteiger partial charge in [-0.15, -0.1) is 0 Å². The van der Waals surface area contributed by atoms with Crippen LogP contribution in [0.15, 0.2) is 36.0 Å². The molecule has 5 nitrogen and oxygen atoms in total. The first-order chi connectivity index (χ1) is 8.97. The van der Waals surface area contributed by atoms with Crippen molar-refractivity contribution < 1.29 is 14.7 Å². The molecule has 0 aromatic heterocycles. The number of amides is 2. The second kappa shape index (κ2) is 5.24. The molecular weight excluding hydrogens is 244 g/mol. The molecule has 0 radical (unpaired) electrons. The average molecular weight is 260 g/mol. The van der Waals surface area contributed by atoms with Crippen LogP contribution in [0.3, 0.4) is 0 Å². The van der Waals surface area contributed by atoms with E-state index in [4.69, 9.17) is 0 Å². The van der Waals surface area contributed by atoms with Crippen LogP contribution in [0.2, 0.25) is 0 Å². The summed E-state index contributed by atoms with van der Waals surface area (Å²) in [6.07, 6.45) is 0.867. The molecule has 0 spiro atoms. The topological polar surface area (TPSA) is 69.6 Å². The summed E-state index contributed by atoms with van der Waals surface area (Å²) in [5.41, 5.74) is 2.24.